The second-order valence-corrected chi connectivity index (χ2v) is 5.19. The Kier molecular flexibility index (Phi) is 4.25. The second-order valence-electron chi connectivity index (χ2n) is 4.27. The number of hydroxylamine groups is 1. The van der Waals surface area contributed by atoms with Crippen molar-refractivity contribution in [3.8, 4) is 0 Å². The van der Waals surface area contributed by atoms with E-state index in [1.54, 1.807) is 12.1 Å². The SMILES string of the molecule is CC(C)(C)ONCc1ccc(Br)cc1F. The van der Waals surface area contributed by atoms with Crippen molar-refractivity contribution in [3.63, 3.8) is 0 Å². The summed E-state index contributed by atoms with van der Waals surface area (Å²) < 4.78 is 14.1. The number of benzene rings is 1. The third-order valence-corrected chi connectivity index (χ3v) is 2.15. The molecule has 0 aromatic heterocycles. The average molecular weight is 276 g/mol. The molecule has 0 aliphatic carbocycles. The molecule has 0 aliphatic heterocycles. The van der Waals surface area contributed by atoms with E-state index >= 15 is 0 Å². The smallest absolute Gasteiger partial charge is 0.128 e. The lowest BCUT2D eigenvalue weighted by Crippen LogP contribution is -2.28. The molecule has 0 heterocycles. The molecule has 84 valence electrons. The predicted molar refractivity (Wildman–Crippen MR) is 61.8 cm³/mol. The van der Waals surface area contributed by atoms with E-state index in [1.165, 1.54) is 6.07 Å². The highest BCUT2D eigenvalue weighted by atomic mass is 79.9. The topological polar surface area (TPSA) is 21.3 Å². The minimum absolute atomic E-state index is 0.241. The van der Waals surface area contributed by atoms with E-state index in [1.807, 2.05) is 20.8 Å². The largest absolute Gasteiger partial charge is 0.296 e. The molecule has 1 aromatic rings. The van der Waals surface area contributed by atoms with E-state index in [9.17, 15) is 4.39 Å². The van der Waals surface area contributed by atoms with Crippen LogP contribution in [0.3, 0.4) is 0 Å². The average Bonchev–Trinajstić information content (AvgIpc) is 2.07. The molecular weight excluding hydrogens is 261 g/mol. The molecule has 0 saturated carbocycles. The van der Waals surface area contributed by atoms with Crippen molar-refractivity contribution >= 4 is 15.9 Å². The second kappa shape index (κ2) is 5.05. The first-order chi connectivity index (χ1) is 6.88. The summed E-state index contributed by atoms with van der Waals surface area (Å²) in [4.78, 5) is 5.29. The van der Waals surface area contributed by atoms with Gasteiger partial charge in [0, 0.05) is 16.6 Å². The highest BCUT2D eigenvalue weighted by Gasteiger charge is 2.10. The first-order valence-corrected chi connectivity index (χ1v) is 5.52. The molecule has 0 aliphatic rings. The Labute approximate surface area is 97.9 Å². The summed E-state index contributed by atoms with van der Waals surface area (Å²) in [6.45, 7) is 6.14. The van der Waals surface area contributed by atoms with E-state index in [4.69, 9.17) is 4.84 Å². The van der Waals surface area contributed by atoms with Crippen molar-refractivity contribution in [1.29, 1.82) is 0 Å². The minimum atomic E-state index is -0.272. The zero-order valence-corrected chi connectivity index (χ0v) is 10.7. The van der Waals surface area contributed by atoms with E-state index in [0.29, 0.717) is 12.1 Å². The molecule has 0 saturated heterocycles. The molecule has 1 rings (SSSR count). The molecule has 0 fully saturated rings. The van der Waals surface area contributed by atoms with Gasteiger partial charge in [-0.1, -0.05) is 22.0 Å². The minimum Gasteiger partial charge on any atom is -0.296 e. The van der Waals surface area contributed by atoms with E-state index in [-0.39, 0.29) is 11.4 Å². The molecule has 15 heavy (non-hydrogen) atoms. The Hall–Kier alpha value is -0.450. The third-order valence-electron chi connectivity index (χ3n) is 1.66. The van der Waals surface area contributed by atoms with Gasteiger partial charge < -0.3 is 0 Å². The molecule has 0 bridgehead atoms. The molecule has 0 spiro atoms. The Morgan fingerprint density at radius 1 is 1.40 bits per heavy atom. The molecule has 0 atom stereocenters. The van der Waals surface area contributed by atoms with E-state index in [0.717, 1.165) is 4.47 Å². The maximum atomic E-state index is 13.3. The van der Waals surface area contributed by atoms with Crippen LogP contribution in [0.2, 0.25) is 0 Å². The molecule has 0 amide bonds. The van der Waals surface area contributed by atoms with Crippen LogP contribution in [0.4, 0.5) is 4.39 Å². The maximum absolute atomic E-state index is 13.3. The van der Waals surface area contributed by atoms with Gasteiger partial charge in [0.1, 0.15) is 5.82 Å². The third kappa shape index (κ3) is 4.73. The van der Waals surface area contributed by atoms with Crippen LogP contribution in [-0.2, 0) is 11.4 Å². The standard InChI is InChI=1S/C11H15BrFNO/c1-11(2,3)15-14-7-8-4-5-9(12)6-10(8)13/h4-6,14H,7H2,1-3H3. The van der Waals surface area contributed by atoms with Gasteiger partial charge in [-0.05, 0) is 32.9 Å². The van der Waals surface area contributed by atoms with Crippen LogP contribution in [0.15, 0.2) is 22.7 Å². The molecule has 0 radical (unpaired) electrons. The highest BCUT2D eigenvalue weighted by molar-refractivity contribution is 9.10. The summed E-state index contributed by atoms with van der Waals surface area (Å²) in [7, 11) is 0. The van der Waals surface area contributed by atoms with Gasteiger partial charge in [-0.25, -0.2) is 4.39 Å². The van der Waals surface area contributed by atoms with Crippen molar-refractivity contribution in [3.05, 3.63) is 34.1 Å². The Morgan fingerprint density at radius 2 is 2.07 bits per heavy atom. The van der Waals surface area contributed by atoms with Crippen molar-refractivity contribution < 1.29 is 9.23 Å². The number of nitrogens with one attached hydrogen (secondary N) is 1. The number of halogens is 2. The summed E-state index contributed by atoms with van der Waals surface area (Å²) in [6, 6.07) is 4.96. The van der Waals surface area contributed by atoms with E-state index in [2.05, 4.69) is 21.4 Å². The Bertz CT molecular complexity index is 336. The maximum Gasteiger partial charge on any atom is 0.128 e. The molecule has 1 aromatic carbocycles. The monoisotopic (exact) mass is 275 g/mol. The fraction of sp³-hybridized carbons (Fsp3) is 0.455. The molecule has 2 nitrogen and oxygen atoms in total. The fourth-order valence-corrected chi connectivity index (χ4v) is 1.33. The fourth-order valence-electron chi connectivity index (χ4n) is 0.995. The number of hydrogen-bond donors (Lipinski definition) is 1. The van der Waals surface area contributed by atoms with Crippen LogP contribution in [0.5, 0.6) is 0 Å². The summed E-state index contributed by atoms with van der Waals surface area (Å²) in [5.41, 5.74) is 3.06. The van der Waals surface area contributed by atoms with Crippen molar-refractivity contribution in [2.75, 3.05) is 0 Å². The lowest BCUT2D eigenvalue weighted by atomic mass is 10.2. The first kappa shape index (κ1) is 12.6. The molecule has 4 heteroatoms. The van der Waals surface area contributed by atoms with E-state index < -0.39 is 0 Å². The Morgan fingerprint density at radius 3 is 2.60 bits per heavy atom. The highest BCUT2D eigenvalue weighted by Crippen LogP contribution is 2.15. The zero-order valence-electron chi connectivity index (χ0n) is 9.10. The van der Waals surface area contributed by atoms with Crippen LogP contribution in [0, 0.1) is 5.82 Å². The van der Waals surface area contributed by atoms with Gasteiger partial charge in [0.2, 0.25) is 0 Å². The van der Waals surface area contributed by atoms with Crippen molar-refractivity contribution in [2.24, 2.45) is 0 Å². The first-order valence-electron chi connectivity index (χ1n) is 4.73. The number of rotatable bonds is 3. The van der Waals surface area contributed by atoms with Crippen LogP contribution < -0.4 is 5.48 Å². The lowest BCUT2D eigenvalue weighted by molar-refractivity contribution is -0.0760. The van der Waals surface area contributed by atoms with Gasteiger partial charge in [-0.3, -0.25) is 4.84 Å². The van der Waals surface area contributed by atoms with Gasteiger partial charge in [0.25, 0.3) is 0 Å². The molecule has 0 unspecified atom stereocenters. The quantitative estimate of drug-likeness (QED) is 0.854. The van der Waals surface area contributed by atoms with Gasteiger partial charge in [0.05, 0.1) is 5.60 Å². The van der Waals surface area contributed by atoms with Gasteiger partial charge in [-0.2, -0.15) is 5.48 Å². The molecule has 1 N–H and O–H groups in total. The Balaban J connectivity index is 2.51. The summed E-state index contributed by atoms with van der Waals surface area (Å²) in [6.07, 6.45) is 0. The van der Waals surface area contributed by atoms with Crippen molar-refractivity contribution in [1.82, 2.24) is 5.48 Å². The van der Waals surface area contributed by atoms with Gasteiger partial charge in [0.15, 0.2) is 0 Å². The van der Waals surface area contributed by atoms with Gasteiger partial charge in [-0.15, -0.1) is 0 Å². The number of hydrogen-bond acceptors (Lipinski definition) is 2. The summed E-state index contributed by atoms with van der Waals surface area (Å²) in [5, 5.41) is 0. The molecular formula is C11H15BrFNO. The van der Waals surface area contributed by atoms with Crippen LogP contribution in [0.25, 0.3) is 0 Å². The lowest BCUT2D eigenvalue weighted by Gasteiger charge is -2.19. The van der Waals surface area contributed by atoms with Crippen molar-refractivity contribution in [2.45, 2.75) is 32.9 Å². The predicted octanol–water partition coefficient (Wildman–Crippen LogP) is 3.41. The van der Waals surface area contributed by atoms with Crippen LogP contribution >= 0.6 is 15.9 Å². The zero-order chi connectivity index (χ0) is 11.5. The van der Waals surface area contributed by atoms with Gasteiger partial charge >= 0.3 is 0 Å². The summed E-state index contributed by atoms with van der Waals surface area (Å²) >= 11 is 3.20. The van der Waals surface area contributed by atoms with Crippen LogP contribution in [-0.4, -0.2) is 5.60 Å². The summed E-state index contributed by atoms with van der Waals surface area (Å²) in [5.74, 6) is -0.241. The normalized spacial score (nSPS) is 11.8. The van der Waals surface area contributed by atoms with Crippen LogP contribution in [0.1, 0.15) is 26.3 Å².